The second kappa shape index (κ2) is 6.95. The molecule has 2 N–H and O–H groups in total. The van der Waals surface area contributed by atoms with Crippen molar-refractivity contribution in [2.45, 2.75) is 39.7 Å². The molecule has 0 unspecified atom stereocenters. The number of aromatic amines is 1. The Hall–Kier alpha value is -2.50. The minimum Gasteiger partial charge on any atom is -0.493 e. The molecule has 0 radical (unpaired) electrons. The minimum absolute atomic E-state index is 0.0604. The zero-order chi connectivity index (χ0) is 17.9. The summed E-state index contributed by atoms with van der Waals surface area (Å²) in [7, 11) is 3.17. The molecule has 1 aromatic heterocycles. The molecule has 2 aromatic rings. The fourth-order valence-electron chi connectivity index (χ4n) is 2.58. The molecule has 6 heteroatoms. The van der Waals surface area contributed by atoms with Crippen LogP contribution in [0.3, 0.4) is 0 Å². The van der Waals surface area contributed by atoms with Crippen molar-refractivity contribution >= 4 is 5.91 Å². The number of amides is 1. The van der Waals surface area contributed by atoms with E-state index in [0.29, 0.717) is 18.0 Å². The molecule has 0 saturated carbocycles. The van der Waals surface area contributed by atoms with Gasteiger partial charge in [0.2, 0.25) is 5.91 Å². The maximum atomic E-state index is 12.7. The van der Waals surface area contributed by atoms with Crippen molar-refractivity contribution in [1.29, 1.82) is 0 Å². The summed E-state index contributed by atoms with van der Waals surface area (Å²) in [6.07, 6.45) is 0. The van der Waals surface area contributed by atoms with Crippen molar-refractivity contribution in [3.63, 3.8) is 0 Å². The fraction of sp³-hybridized carbons (Fsp3) is 0.444. The van der Waals surface area contributed by atoms with E-state index in [4.69, 9.17) is 9.47 Å². The van der Waals surface area contributed by atoms with Crippen LogP contribution in [-0.2, 0) is 16.8 Å². The van der Waals surface area contributed by atoms with Gasteiger partial charge in [-0.1, -0.05) is 6.07 Å². The van der Waals surface area contributed by atoms with Crippen molar-refractivity contribution in [3.8, 4) is 11.5 Å². The molecule has 0 bridgehead atoms. The lowest BCUT2D eigenvalue weighted by atomic mass is 9.83. The molecule has 0 atom stereocenters. The van der Waals surface area contributed by atoms with Gasteiger partial charge in [0.15, 0.2) is 11.5 Å². The summed E-state index contributed by atoms with van der Waals surface area (Å²) in [5.74, 6) is 1.19. The Bertz CT molecular complexity index is 716. The molecule has 130 valence electrons. The zero-order valence-corrected chi connectivity index (χ0v) is 15.1. The number of nitrogens with zero attached hydrogens (tertiary/aromatic N) is 1. The van der Waals surface area contributed by atoms with Crippen LogP contribution in [0.4, 0.5) is 0 Å². The smallest absolute Gasteiger partial charge is 0.230 e. The minimum atomic E-state index is -0.703. The fourth-order valence-corrected chi connectivity index (χ4v) is 2.58. The molecule has 0 aliphatic carbocycles. The van der Waals surface area contributed by atoms with Crippen LogP contribution in [0, 0.1) is 13.8 Å². The third-order valence-electron chi connectivity index (χ3n) is 4.38. The Labute approximate surface area is 142 Å². The van der Waals surface area contributed by atoms with Gasteiger partial charge in [-0.15, -0.1) is 0 Å². The van der Waals surface area contributed by atoms with Gasteiger partial charge in [0.25, 0.3) is 0 Å². The van der Waals surface area contributed by atoms with Gasteiger partial charge in [0.05, 0.1) is 25.3 Å². The maximum Gasteiger partial charge on any atom is 0.230 e. The quantitative estimate of drug-likeness (QED) is 0.853. The molecule has 0 fully saturated rings. The number of hydrogen-bond acceptors (Lipinski definition) is 4. The second-order valence-corrected chi connectivity index (χ2v) is 6.29. The van der Waals surface area contributed by atoms with E-state index in [-0.39, 0.29) is 5.91 Å². The van der Waals surface area contributed by atoms with Crippen LogP contribution in [0.2, 0.25) is 0 Å². The Morgan fingerprint density at radius 3 is 2.42 bits per heavy atom. The maximum absolute atomic E-state index is 12.7. The van der Waals surface area contributed by atoms with E-state index in [2.05, 4.69) is 15.5 Å². The van der Waals surface area contributed by atoms with Crippen molar-refractivity contribution in [2.24, 2.45) is 0 Å². The third-order valence-corrected chi connectivity index (χ3v) is 4.38. The highest BCUT2D eigenvalue weighted by molar-refractivity contribution is 5.87. The first-order valence-electron chi connectivity index (χ1n) is 7.82. The molecule has 1 amide bonds. The highest BCUT2D eigenvalue weighted by Gasteiger charge is 2.30. The van der Waals surface area contributed by atoms with Gasteiger partial charge >= 0.3 is 0 Å². The molecule has 1 aromatic carbocycles. The lowest BCUT2D eigenvalue weighted by molar-refractivity contribution is -0.125. The van der Waals surface area contributed by atoms with Crippen molar-refractivity contribution in [3.05, 3.63) is 40.7 Å². The number of carbonyl (C=O) groups excluding carboxylic acids is 1. The average molecular weight is 331 g/mol. The number of ether oxygens (including phenoxy) is 2. The van der Waals surface area contributed by atoms with Gasteiger partial charge in [-0.3, -0.25) is 9.89 Å². The molecule has 2 rings (SSSR count). The molecule has 6 nitrogen and oxygen atoms in total. The first kappa shape index (κ1) is 17.8. The van der Waals surface area contributed by atoms with Gasteiger partial charge in [0, 0.05) is 17.8 Å². The number of carbonyl (C=O) groups is 1. The average Bonchev–Trinajstić information content (AvgIpc) is 2.90. The first-order valence-corrected chi connectivity index (χ1v) is 7.82. The van der Waals surface area contributed by atoms with Crippen molar-refractivity contribution < 1.29 is 14.3 Å². The number of hydrogen-bond donors (Lipinski definition) is 2. The Morgan fingerprint density at radius 1 is 1.21 bits per heavy atom. The molecule has 0 aliphatic rings. The molecular weight excluding hydrogens is 306 g/mol. The van der Waals surface area contributed by atoms with E-state index in [1.165, 1.54) is 0 Å². The van der Waals surface area contributed by atoms with Gasteiger partial charge in [0.1, 0.15) is 0 Å². The third kappa shape index (κ3) is 3.37. The van der Waals surface area contributed by atoms with E-state index in [1.54, 1.807) is 14.2 Å². The summed E-state index contributed by atoms with van der Waals surface area (Å²) in [5.41, 5.74) is 3.05. The van der Waals surface area contributed by atoms with Crippen LogP contribution < -0.4 is 14.8 Å². The van der Waals surface area contributed by atoms with Gasteiger partial charge in [-0.25, -0.2) is 0 Å². The molecule has 1 heterocycles. The summed E-state index contributed by atoms with van der Waals surface area (Å²) in [5, 5.41) is 10.1. The number of benzene rings is 1. The van der Waals surface area contributed by atoms with Crippen molar-refractivity contribution in [2.75, 3.05) is 14.2 Å². The van der Waals surface area contributed by atoms with Crippen LogP contribution in [0.5, 0.6) is 11.5 Å². The van der Waals surface area contributed by atoms with E-state index < -0.39 is 5.41 Å². The van der Waals surface area contributed by atoms with Crippen molar-refractivity contribution in [1.82, 2.24) is 15.5 Å². The first-order chi connectivity index (χ1) is 11.3. The van der Waals surface area contributed by atoms with Gasteiger partial charge in [-0.05, 0) is 45.4 Å². The highest BCUT2D eigenvalue weighted by atomic mass is 16.5. The van der Waals surface area contributed by atoms with Gasteiger partial charge < -0.3 is 14.8 Å². The number of nitrogens with one attached hydrogen (secondary N) is 2. The van der Waals surface area contributed by atoms with Crippen LogP contribution in [0.25, 0.3) is 0 Å². The van der Waals surface area contributed by atoms with E-state index in [9.17, 15) is 4.79 Å². The largest absolute Gasteiger partial charge is 0.493 e. The summed E-state index contributed by atoms with van der Waals surface area (Å²) >= 11 is 0. The van der Waals surface area contributed by atoms with Crippen LogP contribution >= 0.6 is 0 Å². The molecular formula is C18H25N3O3. The van der Waals surface area contributed by atoms with Crippen LogP contribution in [0.1, 0.15) is 36.4 Å². The molecule has 0 aliphatic heterocycles. The second-order valence-electron chi connectivity index (χ2n) is 6.29. The molecule has 0 spiro atoms. The number of rotatable bonds is 6. The highest BCUT2D eigenvalue weighted by Crippen LogP contribution is 2.33. The zero-order valence-electron chi connectivity index (χ0n) is 15.1. The Balaban J connectivity index is 2.18. The Morgan fingerprint density at radius 2 is 1.88 bits per heavy atom. The van der Waals surface area contributed by atoms with E-state index in [1.807, 2.05) is 45.9 Å². The number of aromatic nitrogens is 2. The predicted octanol–water partition coefficient (Wildman–Crippen LogP) is 2.64. The van der Waals surface area contributed by atoms with Crippen LogP contribution in [-0.4, -0.2) is 30.3 Å². The monoisotopic (exact) mass is 331 g/mol. The topological polar surface area (TPSA) is 76.2 Å². The van der Waals surface area contributed by atoms with Gasteiger partial charge in [-0.2, -0.15) is 5.10 Å². The molecule has 24 heavy (non-hydrogen) atoms. The summed E-state index contributed by atoms with van der Waals surface area (Å²) in [4.78, 5) is 12.7. The van der Waals surface area contributed by atoms with Crippen LogP contribution in [0.15, 0.2) is 18.2 Å². The number of methoxy groups -OCH3 is 2. The SMILES string of the molecule is COc1ccc(C(C)(C)C(=O)NCc2c(C)n[nH]c2C)cc1OC. The number of H-pyrrole nitrogens is 1. The number of aryl methyl sites for hydroxylation is 2. The summed E-state index contributed by atoms with van der Waals surface area (Å²) in [6, 6.07) is 5.54. The summed E-state index contributed by atoms with van der Waals surface area (Å²) in [6.45, 7) is 8.09. The lowest BCUT2D eigenvalue weighted by Crippen LogP contribution is -2.39. The Kier molecular flexibility index (Phi) is 5.17. The van der Waals surface area contributed by atoms with E-state index in [0.717, 1.165) is 22.5 Å². The predicted molar refractivity (Wildman–Crippen MR) is 92.5 cm³/mol. The normalized spacial score (nSPS) is 11.2. The van der Waals surface area contributed by atoms with E-state index >= 15 is 0 Å². The standard InChI is InChI=1S/C18H25N3O3/c1-11-14(12(2)21-20-11)10-19-17(22)18(3,4)13-7-8-15(23-5)16(9-13)24-6/h7-9H,10H2,1-6H3,(H,19,22)(H,20,21). The molecule has 0 saturated heterocycles. The lowest BCUT2D eigenvalue weighted by Gasteiger charge is -2.25. The summed E-state index contributed by atoms with van der Waals surface area (Å²) < 4.78 is 10.6.